The number of hydrogen-bond acceptors (Lipinski definition) is 0. The Morgan fingerprint density at radius 1 is 1.13 bits per heavy atom. The molecule has 0 saturated carbocycles. The molecule has 0 spiro atoms. The Kier molecular flexibility index (Phi) is 2.22. The van der Waals surface area contributed by atoms with Gasteiger partial charge >= 0.3 is 0 Å². The van der Waals surface area contributed by atoms with Crippen molar-refractivity contribution in [1.82, 2.24) is 4.98 Å². The number of fused-ring (bicyclic) bond motifs is 1. The van der Waals surface area contributed by atoms with Gasteiger partial charge in [-0.2, -0.15) is 0 Å². The fraction of sp³-hybridized carbons (Fsp3) is 0.385. The molecule has 0 amide bonds. The standard InChI is InChI=1S/C13H16N2/c1-2-4-13-11(3-1)12(9-15-13)10-5-7-14-8-6-10/h1-4,9-10,14-15H,5-8H2/p+1. The molecule has 2 aromatic rings. The smallest absolute Gasteiger partial charge is 0.0761 e. The first-order valence-electron chi connectivity index (χ1n) is 5.83. The maximum atomic E-state index is 3.38. The molecule has 2 heteroatoms. The van der Waals surface area contributed by atoms with E-state index in [9.17, 15) is 0 Å². The summed E-state index contributed by atoms with van der Waals surface area (Å²) < 4.78 is 0. The van der Waals surface area contributed by atoms with Gasteiger partial charge in [-0.25, -0.2) is 0 Å². The van der Waals surface area contributed by atoms with Crippen LogP contribution < -0.4 is 5.32 Å². The fourth-order valence-electron chi connectivity index (χ4n) is 2.67. The summed E-state index contributed by atoms with van der Waals surface area (Å²) in [5, 5.41) is 3.84. The van der Waals surface area contributed by atoms with Crippen molar-refractivity contribution in [2.24, 2.45) is 0 Å². The number of nitrogens with one attached hydrogen (secondary N) is 1. The first kappa shape index (κ1) is 8.98. The summed E-state index contributed by atoms with van der Waals surface area (Å²) in [6.07, 6.45) is 4.85. The number of para-hydroxylation sites is 1. The van der Waals surface area contributed by atoms with Crippen molar-refractivity contribution in [3.63, 3.8) is 0 Å². The minimum Gasteiger partial charge on any atom is -0.361 e. The Bertz CT molecular complexity index is 452. The molecule has 3 N–H and O–H groups in total. The Balaban J connectivity index is 2.02. The molecule has 2 heterocycles. The lowest BCUT2D eigenvalue weighted by Crippen LogP contribution is -2.86. The molecule has 0 radical (unpaired) electrons. The van der Waals surface area contributed by atoms with E-state index in [4.69, 9.17) is 0 Å². The van der Waals surface area contributed by atoms with Gasteiger partial charge in [0.05, 0.1) is 13.1 Å². The number of piperidine rings is 1. The molecule has 1 aliphatic rings. The first-order valence-corrected chi connectivity index (χ1v) is 5.83. The molecule has 0 bridgehead atoms. The quantitative estimate of drug-likeness (QED) is 0.702. The summed E-state index contributed by atoms with van der Waals surface area (Å²) in [5.74, 6) is 0.770. The van der Waals surface area contributed by atoms with Crippen LogP contribution in [0.4, 0.5) is 0 Å². The van der Waals surface area contributed by atoms with E-state index in [-0.39, 0.29) is 0 Å². The summed E-state index contributed by atoms with van der Waals surface area (Å²) in [7, 11) is 0. The summed E-state index contributed by atoms with van der Waals surface area (Å²) in [5.41, 5.74) is 2.81. The van der Waals surface area contributed by atoms with Gasteiger partial charge in [-0.05, 0) is 17.5 Å². The predicted octanol–water partition coefficient (Wildman–Crippen LogP) is 1.61. The van der Waals surface area contributed by atoms with Gasteiger partial charge in [0.2, 0.25) is 0 Å². The third kappa shape index (κ3) is 1.55. The van der Waals surface area contributed by atoms with E-state index in [0.717, 1.165) is 5.92 Å². The number of nitrogens with two attached hydrogens (primary N) is 1. The minimum absolute atomic E-state index is 0.770. The zero-order valence-electron chi connectivity index (χ0n) is 8.87. The van der Waals surface area contributed by atoms with Crippen molar-refractivity contribution in [3.8, 4) is 0 Å². The van der Waals surface area contributed by atoms with Gasteiger partial charge in [0.25, 0.3) is 0 Å². The number of benzene rings is 1. The van der Waals surface area contributed by atoms with Gasteiger partial charge in [0, 0.05) is 29.9 Å². The molecule has 1 aliphatic heterocycles. The number of aromatic nitrogens is 1. The Labute approximate surface area is 89.7 Å². The van der Waals surface area contributed by atoms with Crippen molar-refractivity contribution < 1.29 is 5.32 Å². The van der Waals surface area contributed by atoms with Crippen LogP contribution in [-0.2, 0) is 0 Å². The first-order chi connectivity index (χ1) is 7.45. The van der Waals surface area contributed by atoms with Gasteiger partial charge < -0.3 is 10.3 Å². The van der Waals surface area contributed by atoms with Gasteiger partial charge in [0.1, 0.15) is 0 Å². The number of rotatable bonds is 1. The van der Waals surface area contributed by atoms with Gasteiger partial charge in [-0.1, -0.05) is 18.2 Å². The molecular weight excluding hydrogens is 184 g/mol. The molecular formula is C13H17N2+. The van der Waals surface area contributed by atoms with Crippen LogP contribution in [0.5, 0.6) is 0 Å². The van der Waals surface area contributed by atoms with E-state index < -0.39 is 0 Å². The average Bonchev–Trinajstić information content (AvgIpc) is 2.74. The third-order valence-electron chi connectivity index (χ3n) is 3.50. The highest BCUT2D eigenvalue weighted by Crippen LogP contribution is 2.30. The summed E-state index contributed by atoms with van der Waals surface area (Å²) >= 11 is 0. The summed E-state index contributed by atoms with van der Waals surface area (Å²) in [6.45, 7) is 2.56. The van der Waals surface area contributed by atoms with Crippen LogP contribution in [0, 0.1) is 0 Å². The molecule has 0 unspecified atom stereocenters. The second-order valence-electron chi connectivity index (χ2n) is 4.43. The number of hydrogen-bond donors (Lipinski definition) is 2. The monoisotopic (exact) mass is 201 g/mol. The predicted molar refractivity (Wildman–Crippen MR) is 61.9 cm³/mol. The zero-order chi connectivity index (χ0) is 10.1. The van der Waals surface area contributed by atoms with E-state index in [1.54, 1.807) is 0 Å². The topological polar surface area (TPSA) is 32.4 Å². The lowest BCUT2D eigenvalue weighted by atomic mass is 9.90. The highest BCUT2D eigenvalue weighted by atomic mass is 14.9. The Morgan fingerprint density at radius 2 is 1.93 bits per heavy atom. The van der Waals surface area contributed by atoms with Crippen LogP contribution in [0.15, 0.2) is 30.5 Å². The SMILES string of the molecule is c1ccc2c(C3CC[NH2+]CC3)c[nH]c2c1. The van der Waals surface area contributed by atoms with Crippen LogP contribution in [0.2, 0.25) is 0 Å². The van der Waals surface area contributed by atoms with Gasteiger partial charge in [0.15, 0.2) is 0 Å². The lowest BCUT2D eigenvalue weighted by Gasteiger charge is -2.19. The fourth-order valence-corrected chi connectivity index (χ4v) is 2.67. The van der Waals surface area contributed by atoms with Crippen molar-refractivity contribution in [1.29, 1.82) is 0 Å². The highest BCUT2D eigenvalue weighted by molar-refractivity contribution is 5.83. The van der Waals surface area contributed by atoms with Gasteiger partial charge in [-0.15, -0.1) is 0 Å². The van der Waals surface area contributed by atoms with Crippen LogP contribution >= 0.6 is 0 Å². The Hall–Kier alpha value is -1.28. The van der Waals surface area contributed by atoms with Crippen molar-refractivity contribution in [2.75, 3.05) is 13.1 Å². The number of aromatic amines is 1. The zero-order valence-corrected chi connectivity index (χ0v) is 8.87. The Morgan fingerprint density at radius 3 is 2.80 bits per heavy atom. The van der Waals surface area contributed by atoms with E-state index >= 15 is 0 Å². The van der Waals surface area contributed by atoms with Crippen molar-refractivity contribution in [3.05, 3.63) is 36.0 Å². The molecule has 2 nitrogen and oxygen atoms in total. The molecule has 1 saturated heterocycles. The third-order valence-corrected chi connectivity index (χ3v) is 3.50. The van der Waals surface area contributed by atoms with E-state index in [1.807, 2.05) is 0 Å². The number of quaternary nitrogens is 1. The molecule has 0 aliphatic carbocycles. The molecule has 1 fully saturated rings. The number of H-pyrrole nitrogens is 1. The molecule has 78 valence electrons. The largest absolute Gasteiger partial charge is 0.361 e. The molecule has 3 rings (SSSR count). The van der Waals surface area contributed by atoms with Crippen molar-refractivity contribution in [2.45, 2.75) is 18.8 Å². The average molecular weight is 201 g/mol. The molecule has 1 aromatic carbocycles. The maximum absolute atomic E-state index is 3.38. The molecule has 0 atom stereocenters. The highest BCUT2D eigenvalue weighted by Gasteiger charge is 2.19. The van der Waals surface area contributed by atoms with Gasteiger partial charge in [-0.3, -0.25) is 0 Å². The maximum Gasteiger partial charge on any atom is 0.0761 e. The summed E-state index contributed by atoms with van der Waals surface area (Å²) in [4.78, 5) is 3.38. The normalized spacial score (nSPS) is 18.4. The van der Waals surface area contributed by atoms with E-state index in [1.165, 1.54) is 42.4 Å². The van der Waals surface area contributed by atoms with Crippen LogP contribution in [0.1, 0.15) is 24.3 Å². The minimum atomic E-state index is 0.770. The second-order valence-corrected chi connectivity index (χ2v) is 4.43. The lowest BCUT2D eigenvalue weighted by molar-refractivity contribution is -0.663. The van der Waals surface area contributed by atoms with E-state index in [0.29, 0.717) is 0 Å². The van der Waals surface area contributed by atoms with Crippen molar-refractivity contribution >= 4 is 10.9 Å². The molecule has 15 heavy (non-hydrogen) atoms. The van der Waals surface area contributed by atoms with Crippen LogP contribution in [-0.4, -0.2) is 18.1 Å². The van der Waals surface area contributed by atoms with Crippen LogP contribution in [0.3, 0.4) is 0 Å². The second kappa shape index (κ2) is 3.70. The van der Waals surface area contributed by atoms with E-state index in [2.05, 4.69) is 40.8 Å². The summed E-state index contributed by atoms with van der Waals surface area (Å²) in [6, 6.07) is 8.62. The van der Waals surface area contributed by atoms with Crippen LogP contribution in [0.25, 0.3) is 10.9 Å². The molecule has 1 aromatic heterocycles.